The number of alkyl halides is 1. The average molecular weight is 276 g/mol. The number of halogens is 1. The van der Waals surface area contributed by atoms with Crippen LogP contribution in [-0.2, 0) is 9.53 Å². The fourth-order valence-corrected chi connectivity index (χ4v) is 2.74. The van der Waals surface area contributed by atoms with Crippen LogP contribution in [0.15, 0.2) is 0 Å². The highest BCUT2D eigenvalue weighted by Crippen LogP contribution is 2.49. The van der Waals surface area contributed by atoms with E-state index < -0.39 is 0 Å². The summed E-state index contributed by atoms with van der Waals surface area (Å²) in [6, 6.07) is 0. The Morgan fingerprint density at radius 1 is 1.60 bits per heavy atom. The third-order valence-electron chi connectivity index (χ3n) is 3.55. The molecule has 2 aliphatic rings. The molecule has 0 radical (unpaired) electrons. The van der Waals surface area contributed by atoms with Crippen molar-refractivity contribution in [2.75, 3.05) is 26.8 Å². The molecule has 0 aromatic carbocycles. The Kier molecular flexibility index (Phi) is 3.36. The van der Waals surface area contributed by atoms with Crippen LogP contribution in [0, 0.1) is 5.41 Å². The van der Waals surface area contributed by atoms with Gasteiger partial charge in [-0.3, -0.25) is 4.79 Å². The number of hydrogen-bond donors (Lipinski definition) is 0. The molecule has 2 rings (SSSR count). The Bertz CT molecular complexity index is 253. The zero-order chi connectivity index (χ0) is 10.9. The number of rotatable bonds is 5. The third-order valence-corrected chi connectivity index (χ3v) is 4.40. The first-order valence-corrected chi connectivity index (χ1v) is 6.50. The first-order valence-electron chi connectivity index (χ1n) is 5.59. The van der Waals surface area contributed by atoms with E-state index in [1.165, 1.54) is 12.8 Å². The summed E-state index contributed by atoms with van der Waals surface area (Å²) in [4.78, 5) is 13.8. The second-order valence-corrected chi connectivity index (χ2v) is 5.86. The number of carbonyl (C=O) groups excluding carboxylic acids is 1. The maximum atomic E-state index is 11.7. The summed E-state index contributed by atoms with van der Waals surface area (Å²) in [6.45, 7) is 2.68. The van der Waals surface area contributed by atoms with Crippen LogP contribution >= 0.6 is 15.9 Å². The predicted molar refractivity (Wildman–Crippen MR) is 62.1 cm³/mol. The SMILES string of the molecule is COCCC1(CN2CCC(Br)C2=O)CC1. The summed E-state index contributed by atoms with van der Waals surface area (Å²) in [5.74, 6) is 0.277. The molecule has 0 N–H and O–H groups in total. The van der Waals surface area contributed by atoms with E-state index in [2.05, 4.69) is 15.9 Å². The Morgan fingerprint density at radius 2 is 2.33 bits per heavy atom. The predicted octanol–water partition coefficient (Wildman–Crippen LogP) is 1.80. The van der Waals surface area contributed by atoms with E-state index in [0.717, 1.165) is 32.5 Å². The summed E-state index contributed by atoms with van der Waals surface area (Å²) in [5.41, 5.74) is 0.392. The maximum Gasteiger partial charge on any atom is 0.236 e. The minimum atomic E-state index is 0.0655. The van der Waals surface area contributed by atoms with Gasteiger partial charge in [-0.1, -0.05) is 15.9 Å². The molecule has 86 valence electrons. The second kappa shape index (κ2) is 4.42. The monoisotopic (exact) mass is 275 g/mol. The minimum Gasteiger partial charge on any atom is -0.385 e. The molecule has 1 atom stereocenters. The lowest BCUT2D eigenvalue weighted by molar-refractivity contribution is -0.128. The average Bonchev–Trinajstić information content (AvgIpc) is 2.93. The molecule has 1 saturated heterocycles. The maximum absolute atomic E-state index is 11.7. The molecular formula is C11H18BrNO2. The Hall–Kier alpha value is -0.0900. The zero-order valence-electron chi connectivity index (χ0n) is 9.17. The molecule has 1 unspecified atom stereocenters. The van der Waals surface area contributed by atoms with Crippen LogP contribution in [0.2, 0.25) is 0 Å². The molecule has 1 saturated carbocycles. The van der Waals surface area contributed by atoms with Gasteiger partial charge in [0.25, 0.3) is 0 Å². The zero-order valence-corrected chi connectivity index (χ0v) is 10.8. The molecule has 3 nitrogen and oxygen atoms in total. The summed E-state index contributed by atoms with van der Waals surface area (Å²) >= 11 is 3.41. The van der Waals surface area contributed by atoms with E-state index in [4.69, 9.17) is 4.74 Å². The van der Waals surface area contributed by atoms with Crippen molar-refractivity contribution in [2.45, 2.75) is 30.5 Å². The van der Waals surface area contributed by atoms with Crippen molar-refractivity contribution >= 4 is 21.8 Å². The highest BCUT2D eigenvalue weighted by Gasteiger charge is 2.45. The molecule has 0 bridgehead atoms. The summed E-state index contributed by atoms with van der Waals surface area (Å²) < 4.78 is 5.12. The number of carbonyl (C=O) groups is 1. The van der Waals surface area contributed by atoms with Gasteiger partial charge >= 0.3 is 0 Å². The molecule has 1 amide bonds. The van der Waals surface area contributed by atoms with Crippen LogP contribution in [-0.4, -0.2) is 42.4 Å². The number of nitrogens with zero attached hydrogens (tertiary/aromatic N) is 1. The lowest BCUT2D eigenvalue weighted by Gasteiger charge is -2.23. The molecular weight excluding hydrogens is 258 g/mol. The molecule has 2 fully saturated rings. The number of likely N-dealkylation sites (tertiary alicyclic amines) is 1. The van der Waals surface area contributed by atoms with E-state index >= 15 is 0 Å². The lowest BCUT2D eigenvalue weighted by Crippen LogP contribution is -2.33. The standard InChI is InChI=1S/C11H18BrNO2/c1-15-7-5-11(3-4-11)8-13-6-2-9(12)10(13)14/h9H,2-8H2,1H3. The molecule has 4 heteroatoms. The first-order chi connectivity index (χ1) is 7.17. The van der Waals surface area contributed by atoms with E-state index in [0.29, 0.717) is 5.41 Å². The van der Waals surface area contributed by atoms with Gasteiger partial charge in [-0.2, -0.15) is 0 Å². The van der Waals surface area contributed by atoms with Crippen molar-refractivity contribution in [3.05, 3.63) is 0 Å². The molecule has 0 aromatic heterocycles. The minimum absolute atomic E-state index is 0.0655. The van der Waals surface area contributed by atoms with Gasteiger partial charge in [0.2, 0.25) is 5.91 Å². The van der Waals surface area contributed by atoms with Crippen LogP contribution < -0.4 is 0 Å². The smallest absolute Gasteiger partial charge is 0.236 e. The molecule has 15 heavy (non-hydrogen) atoms. The van der Waals surface area contributed by atoms with Crippen molar-refractivity contribution in [3.63, 3.8) is 0 Å². The van der Waals surface area contributed by atoms with Crippen molar-refractivity contribution in [2.24, 2.45) is 5.41 Å². The Morgan fingerprint density at radius 3 is 2.80 bits per heavy atom. The quantitative estimate of drug-likeness (QED) is 0.717. The van der Waals surface area contributed by atoms with Gasteiger partial charge in [0.1, 0.15) is 0 Å². The molecule has 1 aliphatic carbocycles. The van der Waals surface area contributed by atoms with E-state index in [1.807, 2.05) is 4.90 Å². The molecule has 1 heterocycles. The van der Waals surface area contributed by atoms with Gasteiger partial charge in [-0.15, -0.1) is 0 Å². The van der Waals surface area contributed by atoms with Crippen LogP contribution in [0.25, 0.3) is 0 Å². The Balaban J connectivity index is 1.84. The van der Waals surface area contributed by atoms with Crippen LogP contribution in [0.1, 0.15) is 25.7 Å². The van der Waals surface area contributed by atoms with Gasteiger partial charge < -0.3 is 9.64 Å². The summed E-state index contributed by atoms with van der Waals surface area (Å²) in [5, 5.41) is 0. The largest absolute Gasteiger partial charge is 0.385 e. The van der Waals surface area contributed by atoms with Crippen LogP contribution in [0.4, 0.5) is 0 Å². The van der Waals surface area contributed by atoms with Gasteiger partial charge in [0.05, 0.1) is 4.83 Å². The van der Waals surface area contributed by atoms with Crippen molar-refractivity contribution in [1.29, 1.82) is 0 Å². The van der Waals surface area contributed by atoms with Gasteiger partial charge in [0.15, 0.2) is 0 Å². The van der Waals surface area contributed by atoms with Crippen molar-refractivity contribution < 1.29 is 9.53 Å². The van der Waals surface area contributed by atoms with Crippen LogP contribution in [0.5, 0.6) is 0 Å². The van der Waals surface area contributed by atoms with E-state index in [9.17, 15) is 4.79 Å². The fourth-order valence-electron chi connectivity index (χ4n) is 2.25. The van der Waals surface area contributed by atoms with Gasteiger partial charge in [-0.05, 0) is 31.1 Å². The van der Waals surface area contributed by atoms with Gasteiger partial charge in [0, 0.05) is 26.8 Å². The van der Waals surface area contributed by atoms with E-state index in [-0.39, 0.29) is 10.7 Å². The number of ether oxygens (including phenoxy) is 1. The highest BCUT2D eigenvalue weighted by atomic mass is 79.9. The third kappa shape index (κ3) is 2.53. The topological polar surface area (TPSA) is 29.5 Å². The number of hydrogen-bond acceptors (Lipinski definition) is 2. The summed E-state index contributed by atoms with van der Waals surface area (Å²) in [7, 11) is 1.74. The van der Waals surface area contributed by atoms with E-state index in [1.54, 1.807) is 7.11 Å². The van der Waals surface area contributed by atoms with Crippen molar-refractivity contribution in [1.82, 2.24) is 4.90 Å². The molecule has 0 aromatic rings. The summed E-state index contributed by atoms with van der Waals surface area (Å²) in [6.07, 6.45) is 4.57. The first kappa shape index (κ1) is 11.4. The second-order valence-electron chi connectivity index (χ2n) is 4.76. The highest BCUT2D eigenvalue weighted by molar-refractivity contribution is 9.10. The molecule has 1 aliphatic heterocycles. The molecule has 0 spiro atoms. The Labute approximate surface area is 99.3 Å². The van der Waals surface area contributed by atoms with Crippen molar-refractivity contribution in [3.8, 4) is 0 Å². The van der Waals surface area contributed by atoms with Crippen LogP contribution in [0.3, 0.4) is 0 Å². The number of methoxy groups -OCH3 is 1. The lowest BCUT2D eigenvalue weighted by atomic mass is 10.0. The normalized spacial score (nSPS) is 28.5. The fraction of sp³-hybridized carbons (Fsp3) is 0.909. The number of amides is 1. The van der Waals surface area contributed by atoms with Gasteiger partial charge in [-0.25, -0.2) is 0 Å².